The molecular weight excluding hydrogens is 156 g/mol. The fourth-order valence-electron chi connectivity index (χ4n) is 0.981. The number of nitrogens with zero attached hydrogens (tertiary/aromatic N) is 1. The predicted molar refractivity (Wildman–Crippen MR) is 47.0 cm³/mol. The maximum absolute atomic E-state index is 10.4. The van der Waals surface area contributed by atoms with E-state index in [0.29, 0.717) is 0 Å². The molecule has 0 spiro atoms. The van der Waals surface area contributed by atoms with Crippen molar-refractivity contribution in [1.29, 1.82) is 0 Å². The Kier molecular flexibility index (Phi) is 1.99. The topological polar surface area (TPSA) is 69.2 Å². The van der Waals surface area contributed by atoms with Crippen LogP contribution in [-0.2, 0) is 0 Å². The lowest BCUT2D eigenvalue weighted by molar-refractivity contribution is -0.383. The van der Waals surface area contributed by atoms with Crippen molar-refractivity contribution in [3.05, 3.63) is 33.4 Å². The van der Waals surface area contributed by atoms with E-state index in [1.165, 1.54) is 6.07 Å². The quantitative estimate of drug-likeness (QED) is 0.393. The van der Waals surface area contributed by atoms with Crippen molar-refractivity contribution in [2.75, 3.05) is 5.73 Å². The molecule has 0 unspecified atom stereocenters. The molecule has 4 nitrogen and oxygen atoms in total. The molecule has 0 aliphatic heterocycles. The van der Waals surface area contributed by atoms with E-state index in [1.807, 2.05) is 13.8 Å². The van der Waals surface area contributed by atoms with Gasteiger partial charge >= 0.3 is 0 Å². The van der Waals surface area contributed by atoms with Gasteiger partial charge in [-0.3, -0.25) is 10.1 Å². The standard InChI is InChI=1S/C8H10N2O2/c1-5-3-7(9)8(10(11)12)4-6(5)2/h3-4H,9H2,1-2H3. The van der Waals surface area contributed by atoms with Gasteiger partial charge in [0.1, 0.15) is 5.69 Å². The Bertz CT molecular complexity index is 334. The van der Waals surface area contributed by atoms with Crippen LogP contribution < -0.4 is 5.73 Å². The molecule has 0 atom stereocenters. The number of anilines is 1. The van der Waals surface area contributed by atoms with Crippen molar-refractivity contribution in [2.24, 2.45) is 0 Å². The number of nitrogen functional groups attached to an aromatic ring is 1. The minimum Gasteiger partial charge on any atom is -0.393 e. The van der Waals surface area contributed by atoms with Crippen LogP contribution in [0.4, 0.5) is 11.4 Å². The second-order valence-corrected chi connectivity index (χ2v) is 2.75. The van der Waals surface area contributed by atoms with E-state index in [2.05, 4.69) is 0 Å². The molecule has 64 valence electrons. The van der Waals surface area contributed by atoms with Crippen molar-refractivity contribution in [3.63, 3.8) is 0 Å². The van der Waals surface area contributed by atoms with Gasteiger partial charge in [0.05, 0.1) is 4.92 Å². The minimum absolute atomic E-state index is 0.0156. The number of rotatable bonds is 1. The van der Waals surface area contributed by atoms with Gasteiger partial charge in [-0.15, -0.1) is 0 Å². The molecule has 0 aliphatic rings. The van der Waals surface area contributed by atoms with Crippen LogP contribution in [0.2, 0.25) is 0 Å². The van der Waals surface area contributed by atoms with Crippen LogP contribution in [0.15, 0.2) is 12.1 Å². The first kappa shape index (κ1) is 8.52. The third kappa shape index (κ3) is 1.37. The zero-order valence-corrected chi connectivity index (χ0v) is 7.00. The summed E-state index contributed by atoms with van der Waals surface area (Å²) in [5.41, 5.74) is 7.51. The molecule has 0 heterocycles. The zero-order valence-electron chi connectivity index (χ0n) is 7.00. The van der Waals surface area contributed by atoms with Crippen LogP contribution >= 0.6 is 0 Å². The molecule has 0 bridgehead atoms. The summed E-state index contributed by atoms with van der Waals surface area (Å²) in [4.78, 5) is 9.94. The monoisotopic (exact) mass is 166 g/mol. The van der Waals surface area contributed by atoms with Gasteiger partial charge in [0.2, 0.25) is 0 Å². The zero-order chi connectivity index (χ0) is 9.30. The average molecular weight is 166 g/mol. The molecule has 0 amide bonds. The molecule has 1 aromatic rings. The van der Waals surface area contributed by atoms with Crippen LogP contribution in [0.25, 0.3) is 0 Å². The Labute approximate surface area is 70.2 Å². The highest BCUT2D eigenvalue weighted by molar-refractivity contribution is 5.61. The molecule has 0 saturated carbocycles. The lowest BCUT2D eigenvalue weighted by Crippen LogP contribution is -1.97. The summed E-state index contributed by atoms with van der Waals surface area (Å²) in [5, 5.41) is 10.4. The van der Waals surface area contributed by atoms with Gasteiger partial charge in [-0.05, 0) is 31.0 Å². The fourth-order valence-corrected chi connectivity index (χ4v) is 0.981. The maximum Gasteiger partial charge on any atom is 0.292 e. The lowest BCUT2D eigenvalue weighted by Gasteiger charge is -2.01. The van der Waals surface area contributed by atoms with Gasteiger partial charge in [-0.25, -0.2) is 0 Å². The minimum atomic E-state index is -0.470. The Morgan fingerprint density at radius 1 is 1.33 bits per heavy atom. The third-order valence-corrected chi connectivity index (χ3v) is 1.84. The molecule has 0 fully saturated rings. The Morgan fingerprint density at radius 3 is 2.33 bits per heavy atom. The second kappa shape index (κ2) is 2.81. The van der Waals surface area contributed by atoms with Gasteiger partial charge in [0.25, 0.3) is 5.69 Å². The van der Waals surface area contributed by atoms with Crippen molar-refractivity contribution in [3.8, 4) is 0 Å². The van der Waals surface area contributed by atoms with Crippen LogP contribution in [0, 0.1) is 24.0 Å². The molecule has 0 radical (unpaired) electrons. The van der Waals surface area contributed by atoms with E-state index in [9.17, 15) is 10.1 Å². The third-order valence-electron chi connectivity index (χ3n) is 1.84. The first-order valence-corrected chi connectivity index (χ1v) is 3.53. The average Bonchev–Trinajstić information content (AvgIpc) is 1.96. The smallest absolute Gasteiger partial charge is 0.292 e. The van der Waals surface area contributed by atoms with Gasteiger partial charge in [-0.2, -0.15) is 0 Å². The largest absolute Gasteiger partial charge is 0.393 e. The van der Waals surface area contributed by atoms with E-state index >= 15 is 0 Å². The van der Waals surface area contributed by atoms with Crippen molar-refractivity contribution in [1.82, 2.24) is 0 Å². The van der Waals surface area contributed by atoms with E-state index in [4.69, 9.17) is 5.73 Å². The first-order chi connectivity index (χ1) is 5.52. The highest BCUT2D eigenvalue weighted by Gasteiger charge is 2.11. The van der Waals surface area contributed by atoms with Gasteiger partial charge in [0.15, 0.2) is 0 Å². The summed E-state index contributed by atoms with van der Waals surface area (Å²) in [6, 6.07) is 3.11. The molecular formula is C8H10N2O2. The Hall–Kier alpha value is -1.58. The summed E-state index contributed by atoms with van der Waals surface area (Å²) in [5.74, 6) is 0. The highest BCUT2D eigenvalue weighted by atomic mass is 16.6. The van der Waals surface area contributed by atoms with Crippen molar-refractivity contribution >= 4 is 11.4 Å². The Morgan fingerprint density at radius 2 is 1.83 bits per heavy atom. The number of nitro groups is 1. The van der Waals surface area contributed by atoms with Crippen LogP contribution in [-0.4, -0.2) is 4.92 Å². The first-order valence-electron chi connectivity index (χ1n) is 3.53. The highest BCUT2D eigenvalue weighted by Crippen LogP contribution is 2.24. The molecule has 0 aromatic heterocycles. The molecule has 0 saturated heterocycles. The normalized spacial score (nSPS) is 9.83. The number of nitrogens with two attached hydrogens (primary N) is 1. The lowest BCUT2D eigenvalue weighted by atomic mass is 10.1. The summed E-state index contributed by atoms with van der Waals surface area (Å²) in [6.07, 6.45) is 0. The van der Waals surface area contributed by atoms with Gasteiger partial charge in [-0.1, -0.05) is 0 Å². The van der Waals surface area contributed by atoms with E-state index in [1.54, 1.807) is 6.07 Å². The molecule has 1 aromatic carbocycles. The summed E-state index contributed by atoms with van der Waals surface area (Å²) < 4.78 is 0. The van der Waals surface area contributed by atoms with E-state index in [0.717, 1.165) is 11.1 Å². The summed E-state index contributed by atoms with van der Waals surface area (Å²) >= 11 is 0. The molecule has 0 aliphatic carbocycles. The molecule has 12 heavy (non-hydrogen) atoms. The van der Waals surface area contributed by atoms with Crippen molar-refractivity contribution < 1.29 is 4.92 Å². The van der Waals surface area contributed by atoms with Crippen LogP contribution in [0.3, 0.4) is 0 Å². The van der Waals surface area contributed by atoms with Gasteiger partial charge < -0.3 is 5.73 Å². The SMILES string of the molecule is Cc1cc(N)c([N+](=O)[O-])cc1C. The maximum atomic E-state index is 10.4. The van der Waals surface area contributed by atoms with Gasteiger partial charge in [0, 0.05) is 6.07 Å². The number of hydrogen-bond acceptors (Lipinski definition) is 3. The van der Waals surface area contributed by atoms with Crippen LogP contribution in [0.5, 0.6) is 0 Å². The number of nitro benzene ring substituents is 1. The summed E-state index contributed by atoms with van der Waals surface area (Å²) in [7, 11) is 0. The van der Waals surface area contributed by atoms with E-state index < -0.39 is 4.92 Å². The predicted octanol–water partition coefficient (Wildman–Crippen LogP) is 1.79. The second-order valence-electron chi connectivity index (χ2n) is 2.75. The van der Waals surface area contributed by atoms with Crippen molar-refractivity contribution in [2.45, 2.75) is 13.8 Å². The summed E-state index contributed by atoms with van der Waals surface area (Å²) in [6.45, 7) is 3.69. The Balaban J connectivity index is 3.33. The van der Waals surface area contributed by atoms with E-state index in [-0.39, 0.29) is 11.4 Å². The fraction of sp³-hybridized carbons (Fsp3) is 0.250. The molecule has 2 N–H and O–H groups in total. The van der Waals surface area contributed by atoms with Crippen LogP contribution in [0.1, 0.15) is 11.1 Å². The molecule has 4 heteroatoms. The molecule has 1 rings (SSSR count). The number of aryl methyl sites for hydroxylation is 2. The number of benzene rings is 1. The number of hydrogen-bond donors (Lipinski definition) is 1.